The minimum Gasteiger partial charge on any atom is -0.379 e. The van der Waals surface area contributed by atoms with Crippen LogP contribution in [-0.4, -0.2) is 93.1 Å². The number of amides is 1. The Morgan fingerprint density at radius 1 is 1.24 bits per heavy atom. The van der Waals surface area contributed by atoms with Crippen molar-refractivity contribution in [3.8, 4) is 0 Å². The predicted octanol–water partition coefficient (Wildman–Crippen LogP) is 1.44. The molecule has 160 valence electrons. The molecule has 1 aromatic rings. The first-order chi connectivity index (χ1) is 14.0. The normalized spacial score (nSPS) is 21.8. The minimum absolute atomic E-state index is 0.0146. The van der Waals surface area contributed by atoms with Gasteiger partial charge in [0.25, 0.3) is 0 Å². The van der Waals surface area contributed by atoms with Gasteiger partial charge in [0.15, 0.2) is 5.96 Å². The summed E-state index contributed by atoms with van der Waals surface area (Å²) in [5.41, 5.74) is 1.21. The molecule has 3 rings (SSSR count). The Morgan fingerprint density at radius 2 is 1.97 bits per heavy atom. The molecule has 29 heavy (non-hydrogen) atoms. The molecule has 7 heteroatoms. The third kappa shape index (κ3) is 6.44. The second kappa shape index (κ2) is 10.6. The molecular formula is C22H35N5O2. The van der Waals surface area contributed by atoms with E-state index in [4.69, 9.17) is 4.74 Å². The predicted molar refractivity (Wildman–Crippen MR) is 116 cm³/mol. The van der Waals surface area contributed by atoms with Crippen molar-refractivity contribution in [2.45, 2.75) is 19.4 Å². The number of carbonyl (C=O) groups is 1. The fraction of sp³-hybridized carbons (Fsp3) is 0.636. The van der Waals surface area contributed by atoms with Gasteiger partial charge in [0, 0.05) is 46.8 Å². The van der Waals surface area contributed by atoms with Gasteiger partial charge in [-0.15, -0.1) is 0 Å². The van der Waals surface area contributed by atoms with E-state index in [-0.39, 0.29) is 18.5 Å². The van der Waals surface area contributed by atoms with Crippen LogP contribution < -0.4 is 5.32 Å². The number of guanidine groups is 1. The largest absolute Gasteiger partial charge is 0.379 e. The highest BCUT2D eigenvalue weighted by atomic mass is 16.5. The van der Waals surface area contributed by atoms with Gasteiger partial charge in [-0.05, 0) is 24.8 Å². The highest BCUT2D eigenvalue weighted by Gasteiger charge is 2.28. The first kappa shape index (κ1) is 21.6. The number of likely N-dealkylation sites (N-methyl/N-ethyl adjacent to an activating group) is 1. The van der Waals surface area contributed by atoms with Crippen molar-refractivity contribution >= 4 is 11.9 Å². The highest BCUT2D eigenvalue weighted by molar-refractivity contribution is 5.85. The van der Waals surface area contributed by atoms with E-state index in [0.29, 0.717) is 5.92 Å². The van der Waals surface area contributed by atoms with Gasteiger partial charge in [-0.25, -0.2) is 4.99 Å². The first-order valence-electron chi connectivity index (χ1n) is 10.6. The third-order valence-electron chi connectivity index (χ3n) is 5.71. The zero-order chi connectivity index (χ0) is 20.6. The molecule has 1 amide bonds. The Labute approximate surface area is 174 Å². The molecule has 0 bridgehead atoms. The monoisotopic (exact) mass is 401 g/mol. The zero-order valence-corrected chi connectivity index (χ0v) is 18.0. The number of aliphatic imine (C=N–C) groups is 1. The summed E-state index contributed by atoms with van der Waals surface area (Å²) < 4.78 is 5.47. The lowest BCUT2D eigenvalue weighted by Crippen LogP contribution is -2.43. The topological polar surface area (TPSA) is 60.4 Å². The van der Waals surface area contributed by atoms with Crippen molar-refractivity contribution in [3.05, 3.63) is 35.9 Å². The minimum atomic E-state index is 0.0146. The molecule has 2 fully saturated rings. The van der Waals surface area contributed by atoms with Crippen LogP contribution in [0.2, 0.25) is 0 Å². The van der Waals surface area contributed by atoms with Crippen LogP contribution in [0, 0.1) is 5.92 Å². The molecule has 0 aliphatic carbocycles. The van der Waals surface area contributed by atoms with E-state index in [2.05, 4.69) is 39.2 Å². The van der Waals surface area contributed by atoms with E-state index in [1.54, 1.807) is 19.0 Å². The van der Waals surface area contributed by atoms with E-state index in [0.717, 1.165) is 58.3 Å². The third-order valence-corrected chi connectivity index (χ3v) is 5.71. The Balaban J connectivity index is 1.64. The lowest BCUT2D eigenvalue weighted by Gasteiger charge is -2.29. The lowest BCUT2D eigenvalue weighted by molar-refractivity contribution is -0.127. The molecule has 0 spiro atoms. The summed E-state index contributed by atoms with van der Waals surface area (Å²) >= 11 is 0. The number of benzene rings is 1. The second-order valence-electron chi connectivity index (χ2n) is 8.22. The number of carbonyl (C=O) groups excluding carboxylic acids is 1. The average Bonchev–Trinajstić information content (AvgIpc) is 3.20. The fourth-order valence-corrected chi connectivity index (χ4v) is 3.86. The van der Waals surface area contributed by atoms with Crippen molar-refractivity contribution in [2.24, 2.45) is 10.9 Å². The van der Waals surface area contributed by atoms with E-state index in [1.165, 1.54) is 5.56 Å². The second-order valence-corrected chi connectivity index (χ2v) is 8.22. The Bertz CT molecular complexity index is 673. The molecule has 2 heterocycles. The average molecular weight is 402 g/mol. The summed E-state index contributed by atoms with van der Waals surface area (Å²) in [6.07, 6.45) is 1.15. The van der Waals surface area contributed by atoms with Crippen LogP contribution in [0.5, 0.6) is 0 Å². The molecule has 2 saturated heterocycles. The van der Waals surface area contributed by atoms with E-state index >= 15 is 0 Å². The van der Waals surface area contributed by atoms with Crippen LogP contribution in [0.1, 0.15) is 24.9 Å². The summed E-state index contributed by atoms with van der Waals surface area (Å²) in [4.78, 5) is 23.2. The molecule has 1 N–H and O–H groups in total. The van der Waals surface area contributed by atoms with Gasteiger partial charge in [-0.2, -0.15) is 0 Å². The number of ether oxygens (including phenoxy) is 1. The van der Waals surface area contributed by atoms with Crippen LogP contribution in [0.3, 0.4) is 0 Å². The molecule has 0 saturated carbocycles. The molecule has 2 aliphatic rings. The van der Waals surface area contributed by atoms with Gasteiger partial charge in [-0.1, -0.05) is 30.3 Å². The van der Waals surface area contributed by atoms with E-state index < -0.39 is 0 Å². The Morgan fingerprint density at radius 3 is 2.66 bits per heavy atom. The summed E-state index contributed by atoms with van der Waals surface area (Å²) in [6.45, 7) is 9.09. The van der Waals surface area contributed by atoms with Crippen LogP contribution in [0.4, 0.5) is 0 Å². The molecule has 2 atom stereocenters. The van der Waals surface area contributed by atoms with Crippen molar-refractivity contribution in [2.75, 3.05) is 66.6 Å². The molecule has 2 unspecified atom stereocenters. The number of hydrogen-bond donors (Lipinski definition) is 1. The molecule has 2 aliphatic heterocycles. The van der Waals surface area contributed by atoms with Crippen molar-refractivity contribution < 1.29 is 9.53 Å². The van der Waals surface area contributed by atoms with Gasteiger partial charge in [-0.3, -0.25) is 9.69 Å². The maximum Gasteiger partial charge on any atom is 0.243 e. The number of morpholine rings is 1. The first-order valence-corrected chi connectivity index (χ1v) is 10.6. The van der Waals surface area contributed by atoms with Gasteiger partial charge in [0.05, 0.1) is 19.3 Å². The number of rotatable bonds is 6. The fourth-order valence-electron chi connectivity index (χ4n) is 3.86. The van der Waals surface area contributed by atoms with Crippen LogP contribution in [0.25, 0.3) is 0 Å². The van der Waals surface area contributed by atoms with Crippen LogP contribution in [0.15, 0.2) is 35.3 Å². The van der Waals surface area contributed by atoms with Crippen LogP contribution in [-0.2, 0) is 9.53 Å². The lowest BCUT2D eigenvalue weighted by atomic mass is 10.1. The molecule has 7 nitrogen and oxygen atoms in total. The number of hydrogen-bond acceptors (Lipinski definition) is 4. The van der Waals surface area contributed by atoms with E-state index in [1.807, 2.05) is 18.2 Å². The van der Waals surface area contributed by atoms with Crippen molar-refractivity contribution in [1.29, 1.82) is 0 Å². The maximum absolute atomic E-state index is 12.1. The highest BCUT2D eigenvalue weighted by Crippen LogP contribution is 2.20. The molecule has 1 aromatic carbocycles. The standard InChI is InChI=1S/C22H35N5O2/c1-18(20-7-5-4-6-8-20)24-22(23-15-21(28)25(2)3)27-10-9-19(17-27)16-26-11-13-29-14-12-26/h4-8,18-19H,9-17H2,1-3H3,(H,23,24). The Hall–Kier alpha value is -2.12. The van der Waals surface area contributed by atoms with Crippen molar-refractivity contribution in [1.82, 2.24) is 20.0 Å². The summed E-state index contributed by atoms with van der Waals surface area (Å²) in [5, 5.41) is 3.57. The zero-order valence-electron chi connectivity index (χ0n) is 18.0. The smallest absolute Gasteiger partial charge is 0.243 e. The number of nitrogens with zero attached hydrogens (tertiary/aromatic N) is 4. The van der Waals surface area contributed by atoms with Crippen molar-refractivity contribution in [3.63, 3.8) is 0 Å². The van der Waals surface area contributed by atoms with E-state index in [9.17, 15) is 4.79 Å². The molecule has 0 radical (unpaired) electrons. The molecule has 0 aromatic heterocycles. The number of likely N-dealkylation sites (tertiary alicyclic amines) is 1. The SMILES string of the molecule is CC(NC(=NCC(=O)N(C)C)N1CCC(CN2CCOCC2)C1)c1ccccc1. The van der Waals surface area contributed by atoms with Gasteiger partial charge < -0.3 is 19.9 Å². The van der Waals surface area contributed by atoms with Gasteiger partial charge >= 0.3 is 0 Å². The quantitative estimate of drug-likeness (QED) is 0.577. The Kier molecular flexibility index (Phi) is 7.89. The summed E-state index contributed by atoms with van der Waals surface area (Å²) in [5.74, 6) is 1.47. The van der Waals surface area contributed by atoms with Gasteiger partial charge in [0.2, 0.25) is 5.91 Å². The van der Waals surface area contributed by atoms with Gasteiger partial charge in [0.1, 0.15) is 6.54 Å². The molecular weight excluding hydrogens is 366 g/mol. The summed E-state index contributed by atoms with van der Waals surface area (Å²) in [6, 6.07) is 10.5. The summed E-state index contributed by atoms with van der Waals surface area (Å²) in [7, 11) is 3.54. The number of nitrogens with one attached hydrogen (secondary N) is 1. The maximum atomic E-state index is 12.1. The van der Waals surface area contributed by atoms with Crippen LogP contribution >= 0.6 is 0 Å².